The third kappa shape index (κ3) is 2.16. The lowest BCUT2D eigenvalue weighted by molar-refractivity contribution is 0.414. The fourth-order valence-electron chi connectivity index (χ4n) is 1.52. The van der Waals surface area contributed by atoms with E-state index in [0.29, 0.717) is 0 Å². The van der Waals surface area contributed by atoms with Gasteiger partial charge in [0.2, 0.25) is 0 Å². The average molecular weight is 213 g/mol. The third-order valence-corrected chi connectivity index (χ3v) is 2.41. The zero-order valence-electron chi connectivity index (χ0n) is 9.36. The molecule has 0 amide bonds. The highest BCUT2D eigenvalue weighted by Gasteiger charge is 1.99. The van der Waals surface area contributed by atoms with E-state index < -0.39 is 0 Å². The topological polar surface area (TPSA) is 18.5 Å². The van der Waals surface area contributed by atoms with Crippen molar-refractivity contribution in [3.63, 3.8) is 0 Å². The van der Waals surface area contributed by atoms with E-state index in [1.807, 2.05) is 42.5 Å². The molecule has 0 aromatic heterocycles. The summed E-state index contributed by atoms with van der Waals surface area (Å²) in [4.78, 5) is 0. The second kappa shape index (κ2) is 4.71. The number of benzene rings is 2. The molecule has 0 aliphatic carbocycles. The lowest BCUT2D eigenvalue weighted by Gasteiger charge is -2.05. The highest BCUT2D eigenvalue weighted by atomic mass is 16.5. The second-order valence-electron chi connectivity index (χ2n) is 3.38. The Kier molecular flexibility index (Phi) is 3.10. The number of rotatable bonds is 3. The number of hydrogen-bond donors (Lipinski definition) is 0. The highest BCUT2D eigenvalue weighted by molar-refractivity contribution is 5.65. The number of ether oxygens (including phenoxy) is 2. The molecule has 2 aromatic rings. The molecular formula is C14H13O2. The summed E-state index contributed by atoms with van der Waals surface area (Å²) in [5, 5.41) is 0. The maximum Gasteiger partial charge on any atom is 0.126 e. The lowest BCUT2D eigenvalue weighted by Crippen LogP contribution is -1.85. The summed E-state index contributed by atoms with van der Waals surface area (Å²) in [7, 11) is 3.30. The van der Waals surface area contributed by atoms with Gasteiger partial charge in [0.25, 0.3) is 0 Å². The van der Waals surface area contributed by atoms with Gasteiger partial charge in [0.15, 0.2) is 0 Å². The molecule has 1 radical (unpaired) electrons. The van der Waals surface area contributed by atoms with Gasteiger partial charge in [-0.15, -0.1) is 0 Å². The Labute approximate surface area is 95.4 Å². The summed E-state index contributed by atoms with van der Waals surface area (Å²) in [5.74, 6) is 1.60. The predicted octanol–water partition coefficient (Wildman–Crippen LogP) is 3.17. The van der Waals surface area contributed by atoms with E-state index in [2.05, 4.69) is 6.07 Å². The molecular weight excluding hydrogens is 200 g/mol. The van der Waals surface area contributed by atoms with Crippen LogP contribution in [0.15, 0.2) is 42.5 Å². The standard InChI is InChI=1S/C14H13O2/c1-15-13-8-6-11(7-9-13)12-4-3-5-14(10-12)16-2/h3-8,10H,1-2H3. The smallest absolute Gasteiger partial charge is 0.126 e. The van der Waals surface area contributed by atoms with E-state index in [9.17, 15) is 0 Å². The van der Waals surface area contributed by atoms with E-state index in [0.717, 1.165) is 22.6 Å². The molecule has 0 saturated heterocycles. The minimum absolute atomic E-state index is 0.742. The Bertz CT molecular complexity index is 460. The van der Waals surface area contributed by atoms with Crippen LogP contribution in [0.5, 0.6) is 11.5 Å². The van der Waals surface area contributed by atoms with Crippen LogP contribution >= 0.6 is 0 Å². The Morgan fingerprint density at radius 2 is 1.81 bits per heavy atom. The molecule has 0 fully saturated rings. The van der Waals surface area contributed by atoms with Crippen molar-refractivity contribution in [1.82, 2.24) is 0 Å². The van der Waals surface area contributed by atoms with Gasteiger partial charge in [0, 0.05) is 6.07 Å². The van der Waals surface area contributed by atoms with Crippen LogP contribution in [-0.4, -0.2) is 14.2 Å². The van der Waals surface area contributed by atoms with E-state index >= 15 is 0 Å². The van der Waals surface area contributed by atoms with Crippen LogP contribution in [0.25, 0.3) is 11.1 Å². The molecule has 2 aromatic carbocycles. The minimum atomic E-state index is 0.742. The van der Waals surface area contributed by atoms with Gasteiger partial charge in [0.05, 0.1) is 14.2 Å². The molecule has 0 spiro atoms. The number of methoxy groups -OCH3 is 2. The van der Waals surface area contributed by atoms with Crippen molar-refractivity contribution in [1.29, 1.82) is 0 Å². The van der Waals surface area contributed by atoms with Crippen molar-refractivity contribution in [2.24, 2.45) is 0 Å². The zero-order valence-corrected chi connectivity index (χ0v) is 9.36. The first kappa shape index (κ1) is 10.6. The predicted molar refractivity (Wildman–Crippen MR) is 63.8 cm³/mol. The number of hydrogen-bond acceptors (Lipinski definition) is 2. The molecule has 2 heteroatoms. The maximum absolute atomic E-state index is 5.19. The van der Waals surface area contributed by atoms with Crippen molar-refractivity contribution in [2.45, 2.75) is 0 Å². The van der Waals surface area contributed by atoms with Crippen molar-refractivity contribution >= 4 is 0 Å². The maximum atomic E-state index is 5.19. The van der Waals surface area contributed by atoms with Crippen molar-refractivity contribution in [2.75, 3.05) is 14.2 Å². The Morgan fingerprint density at radius 1 is 0.938 bits per heavy atom. The molecule has 0 bridgehead atoms. The fraction of sp³-hybridized carbons (Fsp3) is 0.143. The summed E-state index contributed by atoms with van der Waals surface area (Å²) in [6.07, 6.45) is 0. The van der Waals surface area contributed by atoms with E-state index in [4.69, 9.17) is 9.47 Å². The highest BCUT2D eigenvalue weighted by Crippen LogP contribution is 2.25. The summed E-state index contributed by atoms with van der Waals surface area (Å²) < 4.78 is 10.3. The molecule has 0 unspecified atom stereocenters. The van der Waals surface area contributed by atoms with Crippen molar-refractivity contribution in [3.8, 4) is 22.6 Å². The molecule has 0 aliphatic rings. The first-order valence-electron chi connectivity index (χ1n) is 5.03. The van der Waals surface area contributed by atoms with Gasteiger partial charge in [-0.1, -0.05) is 18.2 Å². The first-order chi connectivity index (χ1) is 7.83. The summed E-state index contributed by atoms with van der Waals surface area (Å²) >= 11 is 0. The molecule has 0 saturated carbocycles. The van der Waals surface area contributed by atoms with E-state index in [1.54, 1.807) is 14.2 Å². The van der Waals surface area contributed by atoms with Crippen LogP contribution < -0.4 is 9.47 Å². The molecule has 0 aliphatic heterocycles. The zero-order chi connectivity index (χ0) is 11.4. The van der Waals surface area contributed by atoms with E-state index in [1.165, 1.54) is 0 Å². The minimum Gasteiger partial charge on any atom is -0.497 e. The molecule has 16 heavy (non-hydrogen) atoms. The van der Waals surface area contributed by atoms with Crippen LogP contribution in [0, 0.1) is 6.07 Å². The Balaban J connectivity index is 2.34. The van der Waals surface area contributed by atoms with Gasteiger partial charge in [0.1, 0.15) is 11.5 Å². The van der Waals surface area contributed by atoms with E-state index in [-0.39, 0.29) is 0 Å². The van der Waals surface area contributed by atoms with Crippen LogP contribution in [0.3, 0.4) is 0 Å². The van der Waals surface area contributed by atoms with Gasteiger partial charge in [-0.05, 0) is 35.4 Å². The molecule has 0 atom stereocenters. The van der Waals surface area contributed by atoms with Crippen molar-refractivity contribution < 1.29 is 9.47 Å². The fourth-order valence-corrected chi connectivity index (χ4v) is 1.52. The second-order valence-corrected chi connectivity index (χ2v) is 3.38. The van der Waals surface area contributed by atoms with Crippen molar-refractivity contribution in [3.05, 3.63) is 48.5 Å². The van der Waals surface area contributed by atoms with Gasteiger partial charge in [-0.2, -0.15) is 0 Å². The summed E-state index contributed by atoms with van der Waals surface area (Å²) in [5.41, 5.74) is 2.21. The van der Waals surface area contributed by atoms with Gasteiger partial charge < -0.3 is 9.47 Å². The van der Waals surface area contributed by atoms with Crippen LogP contribution in [0.1, 0.15) is 0 Å². The lowest BCUT2D eigenvalue weighted by atomic mass is 10.1. The average Bonchev–Trinajstić information content (AvgIpc) is 2.39. The van der Waals surface area contributed by atoms with Gasteiger partial charge in [-0.25, -0.2) is 0 Å². The molecule has 2 nitrogen and oxygen atoms in total. The van der Waals surface area contributed by atoms with Gasteiger partial charge >= 0.3 is 0 Å². The van der Waals surface area contributed by atoms with Gasteiger partial charge in [-0.3, -0.25) is 0 Å². The SMILES string of the molecule is COc1[c]cc(-c2cccc(OC)c2)cc1. The largest absolute Gasteiger partial charge is 0.497 e. The summed E-state index contributed by atoms with van der Waals surface area (Å²) in [6, 6.07) is 16.8. The van der Waals surface area contributed by atoms with Crippen LogP contribution in [-0.2, 0) is 0 Å². The van der Waals surface area contributed by atoms with Crippen LogP contribution in [0.4, 0.5) is 0 Å². The summed E-state index contributed by atoms with van der Waals surface area (Å²) in [6.45, 7) is 0. The monoisotopic (exact) mass is 213 g/mol. The molecule has 0 N–H and O–H groups in total. The Hall–Kier alpha value is -1.96. The molecule has 81 valence electrons. The first-order valence-corrected chi connectivity index (χ1v) is 5.03. The molecule has 2 rings (SSSR count). The molecule has 0 heterocycles. The van der Waals surface area contributed by atoms with Crippen LogP contribution in [0.2, 0.25) is 0 Å². The normalized spacial score (nSPS) is 9.88. The third-order valence-electron chi connectivity index (χ3n) is 2.41. The quantitative estimate of drug-likeness (QED) is 0.779. The Morgan fingerprint density at radius 3 is 2.44 bits per heavy atom.